The molecule has 4 heterocycles. The molecule has 5 rings (SSSR count). The Morgan fingerprint density at radius 2 is 2.19 bits per heavy atom. The number of hydrogen-bond donors (Lipinski definition) is 1. The zero-order valence-electron chi connectivity index (χ0n) is 18.4. The fourth-order valence-electron chi connectivity index (χ4n) is 5.13. The summed E-state index contributed by atoms with van der Waals surface area (Å²) in [5.74, 6) is 2.72. The summed E-state index contributed by atoms with van der Waals surface area (Å²) in [5.41, 5.74) is 4.52. The Bertz CT molecular complexity index is 1050. The molecule has 0 amide bonds. The van der Waals surface area contributed by atoms with Crippen LogP contribution in [0.2, 0.25) is 0 Å². The summed E-state index contributed by atoms with van der Waals surface area (Å²) in [6, 6.07) is 6.03. The third-order valence-corrected chi connectivity index (χ3v) is 6.54. The summed E-state index contributed by atoms with van der Waals surface area (Å²) in [6.07, 6.45) is 9.20. The Kier molecular flexibility index (Phi) is 5.44. The van der Waals surface area contributed by atoms with Gasteiger partial charge in [-0.15, -0.1) is 0 Å². The first-order chi connectivity index (χ1) is 15.2. The van der Waals surface area contributed by atoms with E-state index in [4.69, 9.17) is 14.5 Å². The van der Waals surface area contributed by atoms with Crippen LogP contribution in [-0.4, -0.2) is 44.6 Å². The van der Waals surface area contributed by atoms with E-state index in [1.54, 1.807) is 6.20 Å². The van der Waals surface area contributed by atoms with Crippen molar-refractivity contribution >= 4 is 5.82 Å². The number of fused-ring (bicyclic) bond motifs is 2. The predicted octanol–water partition coefficient (Wildman–Crippen LogP) is 4.14. The molecular formula is C24H30N6O. The van der Waals surface area contributed by atoms with E-state index in [0.717, 1.165) is 80.5 Å². The minimum atomic E-state index is 0.0746. The summed E-state index contributed by atoms with van der Waals surface area (Å²) in [4.78, 5) is 16.9. The molecule has 162 valence electrons. The van der Waals surface area contributed by atoms with E-state index in [-0.39, 0.29) is 5.41 Å². The molecule has 3 aromatic heterocycles. The van der Waals surface area contributed by atoms with Gasteiger partial charge in [-0.05, 0) is 57.7 Å². The third kappa shape index (κ3) is 3.94. The Labute approximate surface area is 183 Å². The van der Waals surface area contributed by atoms with Crippen molar-refractivity contribution in [2.45, 2.75) is 57.9 Å². The highest BCUT2D eigenvalue weighted by Crippen LogP contribution is 2.46. The van der Waals surface area contributed by atoms with Gasteiger partial charge in [0, 0.05) is 48.1 Å². The number of aromatic nitrogens is 4. The van der Waals surface area contributed by atoms with E-state index in [1.807, 2.05) is 31.3 Å². The lowest BCUT2D eigenvalue weighted by molar-refractivity contribution is 0.125. The van der Waals surface area contributed by atoms with Gasteiger partial charge in [0.25, 0.3) is 0 Å². The second kappa shape index (κ2) is 8.38. The van der Waals surface area contributed by atoms with Crippen LogP contribution in [0.15, 0.2) is 35.1 Å². The fourth-order valence-corrected chi connectivity index (χ4v) is 5.13. The highest BCUT2D eigenvalue weighted by Gasteiger charge is 2.45. The molecule has 1 atom stereocenters. The number of hydrogen-bond acceptors (Lipinski definition) is 7. The number of likely N-dealkylation sites (tertiary alicyclic amines) is 1. The monoisotopic (exact) mass is 418 g/mol. The van der Waals surface area contributed by atoms with Gasteiger partial charge in [-0.3, -0.25) is 9.88 Å². The van der Waals surface area contributed by atoms with Crippen molar-refractivity contribution in [1.29, 1.82) is 0 Å². The van der Waals surface area contributed by atoms with Gasteiger partial charge in [0.1, 0.15) is 5.82 Å². The average molecular weight is 419 g/mol. The number of aryl methyl sites for hydroxylation is 1. The van der Waals surface area contributed by atoms with Crippen LogP contribution in [0.3, 0.4) is 0 Å². The molecule has 1 spiro atoms. The molecule has 1 unspecified atom stereocenters. The lowest BCUT2D eigenvalue weighted by Crippen LogP contribution is -2.45. The maximum absolute atomic E-state index is 5.49. The van der Waals surface area contributed by atoms with Gasteiger partial charge in [-0.25, -0.2) is 9.97 Å². The largest absolute Gasteiger partial charge is 0.370 e. The van der Waals surface area contributed by atoms with Crippen LogP contribution in [0.25, 0.3) is 11.4 Å². The van der Waals surface area contributed by atoms with Crippen molar-refractivity contribution in [3.05, 3.63) is 53.3 Å². The van der Waals surface area contributed by atoms with Crippen molar-refractivity contribution in [1.82, 2.24) is 25.0 Å². The van der Waals surface area contributed by atoms with Gasteiger partial charge < -0.3 is 9.84 Å². The van der Waals surface area contributed by atoms with E-state index >= 15 is 0 Å². The molecular weight excluding hydrogens is 388 g/mol. The maximum atomic E-state index is 5.49. The SMILES string of the molecule is CCCNc1nc(-c2cccnc2)nc2c1CCC21CCCN(Cc2cc(C)no2)C1. The zero-order valence-corrected chi connectivity index (χ0v) is 18.4. The number of anilines is 1. The van der Waals surface area contributed by atoms with Crippen molar-refractivity contribution in [2.75, 3.05) is 25.0 Å². The number of pyridine rings is 1. The van der Waals surface area contributed by atoms with Crippen molar-refractivity contribution in [3.8, 4) is 11.4 Å². The minimum Gasteiger partial charge on any atom is -0.370 e. The van der Waals surface area contributed by atoms with Crippen LogP contribution < -0.4 is 5.32 Å². The molecule has 2 aliphatic rings. The number of piperidine rings is 1. The van der Waals surface area contributed by atoms with Gasteiger partial charge in [-0.2, -0.15) is 0 Å². The average Bonchev–Trinajstić information content (AvgIpc) is 3.36. The summed E-state index contributed by atoms with van der Waals surface area (Å²) in [7, 11) is 0. The minimum absolute atomic E-state index is 0.0746. The molecule has 0 radical (unpaired) electrons. The van der Waals surface area contributed by atoms with Crippen LogP contribution in [0.4, 0.5) is 5.82 Å². The van der Waals surface area contributed by atoms with E-state index < -0.39 is 0 Å². The Morgan fingerprint density at radius 1 is 1.26 bits per heavy atom. The summed E-state index contributed by atoms with van der Waals surface area (Å²) in [5, 5.41) is 7.63. The zero-order chi connectivity index (χ0) is 21.3. The smallest absolute Gasteiger partial charge is 0.163 e. The topological polar surface area (TPSA) is 80.0 Å². The van der Waals surface area contributed by atoms with Crippen molar-refractivity contribution in [2.24, 2.45) is 0 Å². The van der Waals surface area contributed by atoms with Crippen LogP contribution in [0.1, 0.15) is 55.3 Å². The second-order valence-electron chi connectivity index (χ2n) is 8.92. The molecule has 31 heavy (non-hydrogen) atoms. The first-order valence-corrected chi connectivity index (χ1v) is 11.4. The number of nitrogens with one attached hydrogen (secondary N) is 1. The van der Waals surface area contributed by atoms with Crippen molar-refractivity contribution < 1.29 is 4.52 Å². The summed E-state index contributed by atoms with van der Waals surface area (Å²) < 4.78 is 5.49. The molecule has 3 aromatic rings. The summed E-state index contributed by atoms with van der Waals surface area (Å²) in [6.45, 7) is 7.95. The lowest BCUT2D eigenvalue weighted by Gasteiger charge is -2.40. The highest BCUT2D eigenvalue weighted by atomic mass is 16.5. The molecule has 1 aliphatic carbocycles. The molecule has 1 aliphatic heterocycles. The first-order valence-electron chi connectivity index (χ1n) is 11.4. The highest BCUT2D eigenvalue weighted by molar-refractivity contribution is 5.61. The Morgan fingerprint density at radius 3 is 2.97 bits per heavy atom. The number of rotatable bonds is 6. The molecule has 1 saturated heterocycles. The molecule has 0 aromatic carbocycles. The molecule has 0 bridgehead atoms. The number of nitrogens with zero attached hydrogens (tertiary/aromatic N) is 5. The summed E-state index contributed by atoms with van der Waals surface area (Å²) >= 11 is 0. The van der Waals surface area contributed by atoms with Gasteiger partial charge in [-0.1, -0.05) is 12.1 Å². The quantitative estimate of drug-likeness (QED) is 0.644. The lowest BCUT2D eigenvalue weighted by atomic mass is 9.77. The molecule has 1 fully saturated rings. The second-order valence-corrected chi connectivity index (χ2v) is 8.92. The first kappa shape index (κ1) is 20.1. The standard InChI is InChI=1S/C24H30N6O/c1-3-10-26-23-20-7-9-24(21(20)27-22(28-23)18-6-4-11-25-14-18)8-5-12-30(16-24)15-19-13-17(2)29-31-19/h4,6,11,13-14H,3,5,7-10,12,15-16H2,1-2H3,(H,26,27,28). The van der Waals surface area contributed by atoms with E-state index in [1.165, 1.54) is 17.7 Å². The van der Waals surface area contributed by atoms with Crippen LogP contribution in [0.5, 0.6) is 0 Å². The van der Waals surface area contributed by atoms with E-state index in [0.29, 0.717) is 0 Å². The normalized spacial score (nSPS) is 20.8. The Hall–Kier alpha value is -2.80. The molecule has 7 heteroatoms. The van der Waals surface area contributed by atoms with Gasteiger partial charge >= 0.3 is 0 Å². The van der Waals surface area contributed by atoms with Crippen LogP contribution in [-0.2, 0) is 18.4 Å². The van der Waals surface area contributed by atoms with Gasteiger partial charge in [0.05, 0.1) is 17.9 Å². The van der Waals surface area contributed by atoms with E-state index in [9.17, 15) is 0 Å². The molecule has 7 nitrogen and oxygen atoms in total. The molecule has 1 N–H and O–H groups in total. The predicted molar refractivity (Wildman–Crippen MR) is 120 cm³/mol. The van der Waals surface area contributed by atoms with Crippen LogP contribution in [0, 0.1) is 6.92 Å². The maximum Gasteiger partial charge on any atom is 0.163 e. The van der Waals surface area contributed by atoms with Gasteiger partial charge in [0.15, 0.2) is 11.6 Å². The molecule has 0 saturated carbocycles. The van der Waals surface area contributed by atoms with Gasteiger partial charge in [0.2, 0.25) is 0 Å². The van der Waals surface area contributed by atoms with Crippen LogP contribution >= 0.6 is 0 Å². The Balaban J connectivity index is 1.50. The van der Waals surface area contributed by atoms with E-state index in [2.05, 4.69) is 27.3 Å². The fraction of sp³-hybridized carbons (Fsp3) is 0.500. The third-order valence-electron chi connectivity index (χ3n) is 6.54. The van der Waals surface area contributed by atoms with Crippen molar-refractivity contribution in [3.63, 3.8) is 0 Å².